The Labute approximate surface area is 115 Å². The van der Waals surface area contributed by atoms with Gasteiger partial charge in [-0.2, -0.15) is 0 Å². The standard InChI is InChI=1S/C15H23ClN2/c1-5-18(12-6-7-12)14-9-11(10-16)8-13(17-14)15(2,3)4/h8-9,12H,5-7,10H2,1-4H3. The molecule has 2 nitrogen and oxygen atoms in total. The SMILES string of the molecule is CCN(c1cc(CCl)cc(C(C)(C)C)n1)C1CC1. The van der Waals surface area contributed by atoms with Crippen LogP contribution in [-0.2, 0) is 11.3 Å². The normalized spacial score (nSPS) is 15.8. The van der Waals surface area contributed by atoms with Crippen LogP contribution in [0.1, 0.15) is 51.8 Å². The largest absolute Gasteiger partial charge is 0.354 e. The number of alkyl halides is 1. The van der Waals surface area contributed by atoms with E-state index in [4.69, 9.17) is 16.6 Å². The molecule has 1 aliphatic rings. The first-order valence-corrected chi connectivity index (χ1v) is 7.33. The van der Waals surface area contributed by atoms with Crippen LogP contribution in [0.4, 0.5) is 5.82 Å². The lowest BCUT2D eigenvalue weighted by Gasteiger charge is -2.26. The van der Waals surface area contributed by atoms with Gasteiger partial charge in [0.2, 0.25) is 0 Å². The van der Waals surface area contributed by atoms with E-state index in [9.17, 15) is 0 Å². The highest BCUT2D eigenvalue weighted by atomic mass is 35.5. The van der Waals surface area contributed by atoms with Crippen molar-refractivity contribution in [3.8, 4) is 0 Å². The third-order valence-electron chi connectivity index (χ3n) is 3.42. The maximum absolute atomic E-state index is 6.02. The first kappa shape index (κ1) is 13.7. The van der Waals surface area contributed by atoms with E-state index in [0.717, 1.165) is 18.1 Å². The predicted octanol–water partition coefficient (Wildman–Crippen LogP) is 4.11. The van der Waals surface area contributed by atoms with Gasteiger partial charge in [0, 0.05) is 29.6 Å². The highest BCUT2D eigenvalue weighted by Crippen LogP contribution is 2.32. The van der Waals surface area contributed by atoms with Gasteiger partial charge in [-0.1, -0.05) is 20.8 Å². The molecule has 1 saturated carbocycles. The molecular weight excluding hydrogens is 244 g/mol. The van der Waals surface area contributed by atoms with Gasteiger partial charge in [0.1, 0.15) is 5.82 Å². The van der Waals surface area contributed by atoms with E-state index in [1.54, 1.807) is 0 Å². The van der Waals surface area contributed by atoms with Crippen LogP contribution < -0.4 is 4.90 Å². The van der Waals surface area contributed by atoms with Crippen molar-refractivity contribution >= 4 is 17.4 Å². The molecule has 0 bridgehead atoms. The molecule has 18 heavy (non-hydrogen) atoms. The minimum absolute atomic E-state index is 0.0692. The fourth-order valence-electron chi connectivity index (χ4n) is 2.17. The topological polar surface area (TPSA) is 16.1 Å². The van der Waals surface area contributed by atoms with Crippen LogP contribution >= 0.6 is 11.6 Å². The quantitative estimate of drug-likeness (QED) is 0.763. The molecule has 1 fully saturated rings. The molecule has 3 heteroatoms. The third-order valence-corrected chi connectivity index (χ3v) is 3.73. The van der Waals surface area contributed by atoms with Crippen LogP contribution in [0.15, 0.2) is 12.1 Å². The first-order chi connectivity index (χ1) is 8.45. The zero-order chi connectivity index (χ0) is 13.3. The molecule has 100 valence electrons. The van der Waals surface area contributed by atoms with E-state index in [0.29, 0.717) is 11.9 Å². The van der Waals surface area contributed by atoms with Crippen LogP contribution in [0.25, 0.3) is 0 Å². The molecule has 0 N–H and O–H groups in total. The fraction of sp³-hybridized carbons (Fsp3) is 0.667. The van der Waals surface area contributed by atoms with Gasteiger partial charge in [0.05, 0.1) is 0 Å². The van der Waals surface area contributed by atoms with Gasteiger partial charge in [0.15, 0.2) is 0 Å². The molecule has 0 unspecified atom stereocenters. The van der Waals surface area contributed by atoms with Crippen LogP contribution in [0.2, 0.25) is 0 Å². The Bertz CT molecular complexity index is 419. The predicted molar refractivity (Wildman–Crippen MR) is 78.5 cm³/mol. The van der Waals surface area contributed by atoms with Gasteiger partial charge < -0.3 is 4.90 Å². The van der Waals surface area contributed by atoms with E-state index in [1.807, 2.05) is 0 Å². The Morgan fingerprint density at radius 3 is 2.44 bits per heavy atom. The van der Waals surface area contributed by atoms with Crippen LogP contribution in [0, 0.1) is 0 Å². The summed E-state index contributed by atoms with van der Waals surface area (Å²) in [6.07, 6.45) is 2.59. The highest BCUT2D eigenvalue weighted by molar-refractivity contribution is 6.17. The van der Waals surface area contributed by atoms with Gasteiger partial charge in [-0.25, -0.2) is 4.98 Å². The van der Waals surface area contributed by atoms with Gasteiger partial charge in [0.25, 0.3) is 0 Å². The van der Waals surface area contributed by atoms with E-state index in [-0.39, 0.29) is 5.41 Å². The number of nitrogens with zero attached hydrogens (tertiary/aromatic N) is 2. The van der Waals surface area contributed by atoms with Gasteiger partial charge >= 0.3 is 0 Å². The van der Waals surface area contributed by atoms with Crippen molar-refractivity contribution in [2.45, 2.75) is 57.9 Å². The van der Waals surface area contributed by atoms with E-state index < -0.39 is 0 Å². The molecule has 0 amide bonds. The molecule has 0 aromatic carbocycles. The zero-order valence-electron chi connectivity index (χ0n) is 11.8. The molecule has 0 atom stereocenters. The summed E-state index contributed by atoms with van der Waals surface area (Å²) >= 11 is 6.02. The fourth-order valence-corrected chi connectivity index (χ4v) is 2.33. The molecule has 1 heterocycles. The van der Waals surface area contributed by atoms with Crippen molar-refractivity contribution in [2.24, 2.45) is 0 Å². The molecule has 2 rings (SSSR count). The lowest BCUT2D eigenvalue weighted by molar-refractivity contribution is 0.566. The monoisotopic (exact) mass is 266 g/mol. The zero-order valence-corrected chi connectivity index (χ0v) is 12.6. The van der Waals surface area contributed by atoms with Crippen LogP contribution in [0.3, 0.4) is 0 Å². The molecule has 1 aliphatic carbocycles. The molecule has 1 aromatic heterocycles. The lowest BCUT2D eigenvalue weighted by atomic mass is 9.91. The second-order valence-electron chi connectivity index (χ2n) is 6.12. The van der Waals surface area contributed by atoms with Crippen molar-refractivity contribution < 1.29 is 0 Å². The second-order valence-corrected chi connectivity index (χ2v) is 6.39. The number of hydrogen-bond acceptors (Lipinski definition) is 2. The van der Waals surface area contributed by atoms with Gasteiger partial charge in [-0.15, -0.1) is 11.6 Å². The lowest BCUT2D eigenvalue weighted by Crippen LogP contribution is -2.27. The van der Waals surface area contributed by atoms with Crippen LogP contribution in [-0.4, -0.2) is 17.6 Å². The van der Waals surface area contributed by atoms with Crippen molar-refractivity contribution in [3.05, 3.63) is 23.4 Å². The smallest absolute Gasteiger partial charge is 0.129 e. The van der Waals surface area contributed by atoms with E-state index >= 15 is 0 Å². The minimum atomic E-state index is 0.0692. The Morgan fingerprint density at radius 2 is 2.00 bits per heavy atom. The Balaban J connectivity index is 2.39. The number of pyridine rings is 1. The number of aromatic nitrogens is 1. The summed E-state index contributed by atoms with van der Waals surface area (Å²) in [6.45, 7) is 9.82. The Morgan fingerprint density at radius 1 is 1.33 bits per heavy atom. The highest BCUT2D eigenvalue weighted by Gasteiger charge is 2.29. The van der Waals surface area contributed by atoms with E-state index in [1.165, 1.54) is 18.4 Å². The summed E-state index contributed by atoms with van der Waals surface area (Å²) in [5.41, 5.74) is 2.38. The molecule has 0 saturated heterocycles. The first-order valence-electron chi connectivity index (χ1n) is 6.79. The van der Waals surface area contributed by atoms with E-state index in [2.05, 4.69) is 44.7 Å². The Hall–Kier alpha value is -0.760. The number of halogens is 1. The second kappa shape index (κ2) is 5.08. The summed E-state index contributed by atoms with van der Waals surface area (Å²) in [4.78, 5) is 7.26. The third kappa shape index (κ3) is 2.97. The summed E-state index contributed by atoms with van der Waals surface area (Å²) in [7, 11) is 0. The summed E-state index contributed by atoms with van der Waals surface area (Å²) < 4.78 is 0. The average Bonchev–Trinajstić information content (AvgIpc) is 3.13. The number of rotatable bonds is 4. The molecule has 1 aromatic rings. The summed E-state index contributed by atoms with van der Waals surface area (Å²) in [5, 5.41) is 0. The maximum atomic E-state index is 6.02. The average molecular weight is 267 g/mol. The van der Waals surface area contributed by atoms with Crippen molar-refractivity contribution in [1.29, 1.82) is 0 Å². The number of anilines is 1. The number of hydrogen-bond donors (Lipinski definition) is 0. The molecule has 0 aliphatic heterocycles. The van der Waals surface area contributed by atoms with Crippen molar-refractivity contribution in [3.63, 3.8) is 0 Å². The molecule has 0 radical (unpaired) electrons. The summed E-state index contributed by atoms with van der Waals surface area (Å²) in [6, 6.07) is 4.97. The van der Waals surface area contributed by atoms with Crippen molar-refractivity contribution in [2.75, 3.05) is 11.4 Å². The summed E-state index contributed by atoms with van der Waals surface area (Å²) in [5.74, 6) is 1.66. The van der Waals surface area contributed by atoms with Gasteiger partial charge in [-0.3, -0.25) is 0 Å². The minimum Gasteiger partial charge on any atom is -0.354 e. The Kier molecular flexibility index (Phi) is 3.86. The van der Waals surface area contributed by atoms with Crippen molar-refractivity contribution in [1.82, 2.24) is 4.98 Å². The van der Waals surface area contributed by atoms with Gasteiger partial charge in [-0.05, 0) is 37.5 Å². The van der Waals surface area contributed by atoms with Crippen LogP contribution in [0.5, 0.6) is 0 Å². The molecule has 0 spiro atoms. The molecular formula is C15H23ClN2. The maximum Gasteiger partial charge on any atom is 0.129 e.